The van der Waals surface area contributed by atoms with Gasteiger partial charge in [0.2, 0.25) is 0 Å². The lowest BCUT2D eigenvalue weighted by Gasteiger charge is -2.19. The quantitative estimate of drug-likeness (QED) is 0.826. The second kappa shape index (κ2) is 8.00. The molecule has 1 atom stereocenters. The third kappa shape index (κ3) is 4.38. The molecule has 0 unspecified atom stereocenters. The van der Waals surface area contributed by atoms with Crippen molar-refractivity contribution < 1.29 is 9.53 Å². The van der Waals surface area contributed by atoms with E-state index in [0.29, 0.717) is 0 Å². The standard InChI is InChI=1S/C21H27NO2/c1-6-17-9-8-10-18(7-2)20(17)22-21(23)16(5)24-19-12-14(3)11-15(4)13-19/h8-13,16H,6-7H2,1-5H3,(H,22,23)/t16-/m1/s1. The number of benzene rings is 2. The summed E-state index contributed by atoms with van der Waals surface area (Å²) < 4.78 is 5.84. The number of carbonyl (C=O) groups excluding carboxylic acids is 1. The van der Waals surface area contributed by atoms with Crippen LogP contribution in [0.25, 0.3) is 0 Å². The van der Waals surface area contributed by atoms with E-state index in [-0.39, 0.29) is 5.91 Å². The van der Waals surface area contributed by atoms with E-state index in [1.807, 2.05) is 32.0 Å². The first-order valence-electron chi connectivity index (χ1n) is 8.61. The molecule has 0 saturated heterocycles. The fourth-order valence-electron chi connectivity index (χ4n) is 2.89. The Morgan fingerprint density at radius 1 is 1.04 bits per heavy atom. The molecule has 128 valence electrons. The number of hydrogen-bond donors (Lipinski definition) is 1. The maximum atomic E-state index is 12.6. The highest BCUT2D eigenvalue weighted by molar-refractivity contribution is 5.95. The van der Waals surface area contributed by atoms with Crippen molar-refractivity contribution in [2.45, 2.75) is 53.6 Å². The first kappa shape index (κ1) is 18.1. The van der Waals surface area contributed by atoms with Crippen LogP contribution in [-0.2, 0) is 17.6 Å². The van der Waals surface area contributed by atoms with E-state index >= 15 is 0 Å². The van der Waals surface area contributed by atoms with Gasteiger partial charge in [0.05, 0.1) is 0 Å². The van der Waals surface area contributed by atoms with E-state index in [9.17, 15) is 4.79 Å². The second-order valence-corrected chi connectivity index (χ2v) is 6.23. The summed E-state index contributed by atoms with van der Waals surface area (Å²) in [5, 5.41) is 3.07. The molecule has 3 heteroatoms. The number of hydrogen-bond acceptors (Lipinski definition) is 2. The molecule has 2 aromatic carbocycles. The van der Waals surface area contributed by atoms with Gasteiger partial charge in [-0.1, -0.05) is 38.1 Å². The lowest BCUT2D eigenvalue weighted by atomic mass is 10.0. The Kier molecular flexibility index (Phi) is 6.02. The number of rotatable bonds is 6. The zero-order valence-electron chi connectivity index (χ0n) is 15.3. The molecule has 2 rings (SSSR count). The largest absolute Gasteiger partial charge is 0.481 e. The molecule has 1 N–H and O–H groups in total. The number of carbonyl (C=O) groups is 1. The monoisotopic (exact) mass is 325 g/mol. The molecule has 0 heterocycles. The highest BCUT2D eigenvalue weighted by Crippen LogP contribution is 2.23. The van der Waals surface area contributed by atoms with Crippen molar-refractivity contribution in [3.63, 3.8) is 0 Å². The average Bonchev–Trinajstić information content (AvgIpc) is 2.53. The third-order valence-electron chi connectivity index (χ3n) is 4.12. The number of nitrogens with one attached hydrogen (secondary N) is 1. The van der Waals surface area contributed by atoms with Crippen LogP contribution in [0.1, 0.15) is 43.0 Å². The molecule has 3 nitrogen and oxygen atoms in total. The summed E-state index contributed by atoms with van der Waals surface area (Å²) in [5.74, 6) is 0.611. The molecule has 0 fully saturated rings. The van der Waals surface area contributed by atoms with Crippen molar-refractivity contribution in [3.05, 3.63) is 58.7 Å². The summed E-state index contributed by atoms with van der Waals surface area (Å²) in [6.07, 6.45) is 1.21. The number of ether oxygens (including phenoxy) is 1. The first-order valence-corrected chi connectivity index (χ1v) is 8.61. The number of para-hydroxylation sites is 1. The molecule has 24 heavy (non-hydrogen) atoms. The van der Waals surface area contributed by atoms with Crippen LogP contribution in [0.2, 0.25) is 0 Å². The Bertz CT molecular complexity index is 679. The Labute approximate surface area is 145 Å². The second-order valence-electron chi connectivity index (χ2n) is 6.23. The molecule has 0 aromatic heterocycles. The fourth-order valence-corrected chi connectivity index (χ4v) is 2.89. The van der Waals surface area contributed by atoms with Gasteiger partial charge in [0.25, 0.3) is 5.91 Å². The van der Waals surface area contributed by atoms with Crippen LogP contribution in [0.4, 0.5) is 5.69 Å². The lowest BCUT2D eigenvalue weighted by molar-refractivity contribution is -0.122. The van der Waals surface area contributed by atoms with E-state index in [4.69, 9.17) is 4.74 Å². The molecule has 0 spiro atoms. The summed E-state index contributed by atoms with van der Waals surface area (Å²) in [4.78, 5) is 12.6. The zero-order valence-corrected chi connectivity index (χ0v) is 15.3. The molecular formula is C21H27NO2. The van der Waals surface area contributed by atoms with Crippen LogP contribution < -0.4 is 10.1 Å². The van der Waals surface area contributed by atoms with E-state index in [0.717, 1.165) is 46.5 Å². The van der Waals surface area contributed by atoms with E-state index < -0.39 is 6.10 Å². The van der Waals surface area contributed by atoms with Gasteiger partial charge in [0.15, 0.2) is 6.10 Å². The minimum Gasteiger partial charge on any atom is -0.481 e. The van der Waals surface area contributed by atoms with E-state index in [1.54, 1.807) is 6.92 Å². The molecule has 0 aliphatic heterocycles. The van der Waals surface area contributed by atoms with Gasteiger partial charge in [-0.2, -0.15) is 0 Å². The highest BCUT2D eigenvalue weighted by Gasteiger charge is 2.17. The molecule has 0 saturated carbocycles. The number of amides is 1. The van der Waals surface area contributed by atoms with Crippen molar-refractivity contribution in [1.29, 1.82) is 0 Å². The minimum absolute atomic E-state index is 0.121. The van der Waals surface area contributed by atoms with Gasteiger partial charge in [-0.05, 0) is 68.0 Å². The minimum atomic E-state index is -0.555. The summed E-state index contributed by atoms with van der Waals surface area (Å²) in [7, 11) is 0. The Hall–Kier alpha value is -2.29. The molecule has 0 bridgehead atoms. The average molecular weight is 325 g/mol. The van der Waals surface area contributed by atoms with E-state index in [1.165, 1.54) is 0 Å². The first-order chi connectivity index (χ1) is 11.4. The maximum Gasteiger partial charge on any atom is 0.265 e. The van der Waals surface area contributed by atoms with Gasteiger partial charge in [-0.25, -0.2) is 0 Å². The smallest absolute Gasteiger partial charge is 0.265 e. The van der Waals surface area contributed by atoms with Crippen LogP contribution in [-0.4, -0.2) is 12.0 Å². The van der Waals surface area contributed by atoms with Gasteiger partial charge in [0, 0.05) is 5.69 Å². The van der Waals surface area contributed by atoms with Crippen LogP contribution in [0, 0.1) is 13.8 Å². The predicted octanol–water partition coefficient (Wildman–Crippen LogP) is 4.83. The summed E-state index contributed by atoms with van der Waals surface area (Å²) >= 11 is 0. The topological polar surface area (TPSA) is 38.3 Å². The summed E-state index contributed by atoms with van der Waals surface area (Å²) in [6.45, 7) is 10.0. The van der Waals surface area contributed by atoms with Crippen LogP contribution in [0.5, 0.6) is 5.75 Å². The maximum absolute atomic E-state index is 12.6. The van der Waals surface area contributed by atoms with Crippen LogP contribution in [0.15, 0.2) is 36.4 Å². The van der Waals surface area contributed by atoms with Crippen molar-refractivity contribution in [2.24, 2.45) is 0 Å². The zero-order chi connectivity index (χ0) is 17.7. The molecule has 2 aromatic rings. The van der Waals surface area contributed by atoms with Crippen molar-refractivity contribution in [1.82, 2.24) is 0 Å². The van der Waals surface area contributed by atoms with Gasteiger partial charge in [0.1, 0.15) is 5.75 Å². The van der Waals surface area contributed by atoms with Gasteiger partial charge in [-0.3, -0.25) is 4.79 Å². The molecule has 1 amide bonds. The third-order valence-corrected chi connectivity index (χ3v) is 4.12. The lowest BCUT2D eigenvalue weighted by Crippen LogP contribution is -2.31. The molecular weight excluding hydrogens is 298 g/mol. The van der Waals surface area contributed by atoms with Crippen LogP contribution in [0.3, 0.4) is 0 Å². The van der Waals surface area contributed by atoms with Crippen molar-refractivity contribution in [3.8, 4) is 5.75 Å². The molecule has 0 radical (unpaired) electrons. The normalized spacial score (nSPS) is 11.9. The van der Waals surface area contributed by atoms with Crippen LogP contribution >= 0.6 is 0 Å². The van der Waals surface area contributed by atoms with Crippen molar-refractivity contribution in [2.75, 3.05) is 5.32 Å². The van der Waals surface area contributed by atoms with Crippen molar-refractivity contribution >= 4 is 11.6 Å². The van der Waals surface area contributed by atoms with E-state index in [2.05, 4.69) is 37.4 Å². The Morgan fingerprint density at radius 2 is 1.58 bits per heavy atom. The molecule has 0 aliphatic rings. The predicted molar refractivity (Wildman–Crippen MR) is 99.8 cm³/mol. The number of aryl methyl sites for hydroxylation is 4. The van der Waals surface area contributed by atoms with Gasteiger partial charge in [-0.15, -0.1) is 0 Å². The Balaban J connectivity index is 2.14. The highest BCUT2D eigenvalue weighted by atomic mass is 16.5. The summed E-state index contributed by atoms with van der Waals surface area (Å²) in [5.41, 5.74) is 5.50. The molecule has 0 aliphatic carbocycles. The summed E-state index contributed by atoms with van der Waals surface area (Å²) in [6, 6.07) is 12.2. The SMILES string of the molecule is CCc1cccc(CC)c1NC(=O)[C@@H](C)Oc1cc(C)cc(C)c1. The number of anilines is 1. The Morgan fingerprint density at radius 3 is 2.08 bits per heavy atom. The fraction of sp³-hybridized carbons (Fsp3) is 0.381. The van der Waals surface area contributed by atoms with Gasteiger partial charge < -0.3 is 10.1 Å². The van der Waals surface area contributed by atoms with Gasteiger partial charge >= 0.3 is 0 Å².